The van der Waals surface area contributed by atoms with Crippen molar-refractivity contribution in [1.82, 2.24) is 14.3 Å². The summed E-state index contributed by atoms with van der Waals surface area (Å²) >= 11 is 0.402. The molecule has 3 aromatic heterocycles. The van der Waals surface area contributed by atoms with Gasteiger partial charge in [0.25, 0.3) is 15.6 Å². The molecule has 1 aliphatic heterocycles. The molecule has 13 heteroatoms. The van der Waals surface area contributed by atoms with Crippen LogP contribution in [0.3, 0.4) is 0 Å². The second kappa shape index (κ2) is 7.86. The molecule has 0 saturated carbocycles. The first-order valence-electron chi connectivity index (χ1n) is 9.53. The minimum atomic E-state index is -4.20. The first-order valence-corrected chi connectivity index (χ1v) is 11.8. The molecule has 1 aromatic carbocycles. The number of urea groups is 1. The van der Waals surface area contributed by atoms with Gasteiger partial charge in [-0.15, -0.1) is 0 Å². The smallest absolute Gasteiger partial charge is 0.333 e. The van der Waals surface area contributed by atoms with Crippen LogP contribution in [0.5, 0.6) is 0 Å². The summed E-state index contributed by atoms with van der Waals surface area (Å²) < 4.78 is 40.2. The highest BCUT2D eigenvalue weighted by Gasteiger charge is 2.20. The summed E-state index contributed by atoms with van der Waals surface area (Å²) in [6, 6.07) is 9.50. The molecule has 5 rings (SSSR count). The van der Waals surface area contributed by atoms with Gasteiger partial charge < -0.3 is 16.0 Å². The minimum absolute atomic E-state index is 0.200. The summed E-state index contributed by atoms with van der Waals surface area (Å²) in [6.45, 7) is 0.592. The van der Waals surface area contributed by atoms with Gasteiger partial charge in [0.05, 0.1) is 29.9 Å². The standard InChI is InChI=1S/C20H15FN6O4S2/c21-16-2-4-18(32-16)33(30,31)26-20(29)25-12-1-3-17(22-9-12)27-6-5-11-7-14-15(24-10-23-14)8-13(11)19(27)28/h1-9,23-24H,10H2,(H2,25,26,29). The van der Waals surface area contributed by atoms with Crippen molar-refractivity contribution in [3.8, 4) is 5.82 Å². The maximum absolute atomic E-state index is 13.1. The molecule has 0 atom stereocenters. The number of sulfonamides is 1. The fourth-order valence-corrected chi connectivity index (χ4v) is 5.28. The van der Waals surface area contributed by atoms with Crippen LogP contribution in [-0.4, -0.2) is 30.7 Å². The molecule has 0 saturated heterocycles. The summed E-state index contributed by atoms with van der Waals surface area (Å²) in [7, 11) is -4.20. The van der Waals surface area contributed by atoms with Gasteiger partial charge in [-0.2, -0.15) is 4.39 Å². The van der Waals surface area contributed by atoms with Gasteiger partial charge in [0, 0.05) is 11.6 Å². The van der Waals surface area contributed by atoms with Crippen molar-refractivity contribution in [2.75, 3.05) is 22.6 Å². The van der Waals surface area contributed by atoms with Crippen molar-refractivity contribution in [3.63, 3.8) is 0 Å². The SMILES string of the molecule is O=C(Nc1ccc(-n2ccc3cc4c(cc3c2=O)NCN4)nc1)NS(=O)(=O)c1ccc(F)s1. The highest BCUT2D eigenvalue weighted by atomic mass is 32.2. The lowest BCUT2D eigenvalue weighted by molar-refractivity contribution is 0.256. The first kappa shape index (κ1) is 20.9. The third-order valence-electron chi connectivity index (χ3n) is 4.89. The van der Waals surface area contributed by atoms with Gasteiger partial charge in [0.1, 0.15) is 10.0 Å². The van der Waals surface area contributed by atoms with E-state index >= 15 is 0 Å². The molecular weight excluding hydrogens is 471 g/mol. The van der Waals surface area contributed by atoms with Gasteiger partial charge in [0.2, 0.25) is 0 Å². The van der Waals surface area contributed by atoms with E-state index in [4.69, 9.17) is 0 Å². The average molecular weight is 487 g/mol. The lowest BCUT2D eigenvalue weighted by Gasteiger charge is -2.10. The number of halogens is 1. The summed E-state index contributed by atoms with van der Waals surface area (Å²) in [6.07, 6.45) is 2.89. The number of anilines is 3. The second-order valence-electron chi connectivity index (χ2n) is 7.03. The molecule has 33 heavy (non-hydrogen) atoms. The Bertz CT molecular complexity index is 1560. The van der Waals surface area contributed by atoms with Gasteiger partial charge in [-0.3, -0.25) is 9.36 Å². The molecule has 0 spiro atoms. The number of rotatable bonds is 4. The third kappa shape index (κ3) is 3.99. The molecule has 0 bridgehead atoms. The molecule has 4 heterocycles. The van der Waals surface area contributed by atoms with E-state index in [2.05, 4.69) is 20.9 Å². The van der Waals surface area contributed by atoms with Crippen LogP contribution in [-0.2, 0) is 10.0 Å². The van der Waals surface area contributed by atoms with Crippen LogP contribution in [0.1, 0.15) is 0 Å². The predicted molar refractivity (Wildman–Crippen MR) is 123 cm³/mol. The summed E-state index contributed by atoms with van der Waals surface area (Å²) in [5.74, 6) is 0.320. The maximum Gasteiger partial charge on any atom is 0.333 e. The van der Waals surface area contributed by atoms with Gasteiger partial charge in [0.15, 0.2) is 5.13 Å². The number of nitrogens with one attached hydrogen (secondary N) is 4. The molecule has 168 valence electrons. The molecule has 0 radical (unpaired) electrons. The number of hydrogen-bond acceptors (Lipinski definition) is 8. The van der Waals surface area contributed by atoms with E-state index < -0.39 is 21.2 Å². The Morgan fingerprint density at radius 2 is 1.91 bits per heavy atom. The Hall–Kier alpha value is -3.97. The highest BCUT2D eigenvalue weighted by molar-refractivity contribution is 7.92. The Morgan fingerprint density at radius 3 is 2.61 bits per heavy atom. The molecule has 2 amide bonds. The highest BCUT2D eigenvalue weighted by Crippen LogP contribution is 2.30. The minimum Gasteiger partial charge on any atom is -0.366 e. The van der Waals surface area contributed by atoms with Crippen molar-refractivity contribution in [2.24, 2.45) is 0 Å². The molecule has 1 aliphatic rings. The van der Waals surface area contributed by atoms with Crippen LogP contribution < -0.4 is 26.2 Å². The number of nitrogens with zero attached hydrogens (tertiary/aromatic N) is 2. The Labute approximate surface area is 190 Å². The van der Waals surface area contributed by atoms with E-state index in [0.717, 1.165) is 28.9 Å². The van der Waals surface area contributed by atoms with Crippen molar-refractivity contribution in [2.45, 2.75) is 4.21 Å². The molecule has 0 unspecified atom stereocenters. The fourth-order valence-electron chi connectivity index (χ4n) is 3.37. The van der Waals surface area contributed by atoms with E-state index in [9.17, 15) is 22.4 Å². The average Bonchev–Trinajstić information content (AvgIpc) is 3.42. The summed E-state index contributed by atoms with van der Waals surface area (Å²) in [4.78, 5) is 29.3. The number of pyridine rings is 2. The number of carbonyl (C=O) groups is 1. The fraction of sp³-hybridized carbons (Fsp3) is 0.0500. The molecule has 10 nitrogen and oxygen atoms in total. The van der Waals surface area contributed by atoms with Crippen molar-refractivity contribution in [3.05, 3.63) is 70.3 Å². The van der Waals surface area contributed by atoms with E-state index in [-0.39, 0.29) is 15.5 Å². The van der Waals surface area contributed by atoms with Crippen LogP contribution in [0.4, 0.5) is 26.2 Å². The Morgan fingerprint density at radius 1 is 1.12 bits per heavy atom. The molecule has 4 aromatic rings. The lowest BCUT2D eigenvalue weighted by atomic mass is 10.1. The van der Waals surface area contributed by atoms with Crippen molar-refractivity contribution < 1.29 is 17.6 Å². The number of amides is 2. The Kier molecular flexibility index (Phi) is 4.98. The van der Waals surface area contributed by atoms with Crippen molar-refractivity contribution >= 4 is 55.2 Å². The second-order valence-corrected chi connectivity index (χ2v) is 9.97. The zero-order chi connectivity index (χ0) is 23.2. The van der Waals surface area contributed by atoms with E-state index in [1.807, 2.05) is 6.07 Å². The summed E-state index contributed by atoms with van der Waals surface area (Å²) in [5.41, 5.74) is 1.71. The zero-order valence-corrected chi connectivity index (χ0v) is 18.3. The number of thiophene rings is 1. The quantitative estimate of drug-likeness (QED) is 0.348. The number of benzene rings is 1. The Balaban J connectivity index is 1.35. The number of fused-ring (bicyclic) bond motifs is 2. The van der Waals surface area contributed by atoms with Crippen LogP contribution in [0, 0.1) is 5.13 Å². The van der Waals surface area contributed by atoms with E-state index in [1.165, 1.54) is 22.9 Å². The third-order valence-corrected chi connectivity index (χ3v) is 7.59. The molecule has 0 aliphatic carbocycles. The van der Waals surface area contributed by atoms with Crippen LogP contribution in [0.25, 0.3) is 16.6 Å². The largest absolute Gasteiger partial charge is 0.366 e. The molecular formula is C20H15FN6O4S2. The number of hydrogen-bond donors (Lipinski definition) is 4. The molecule has 0 fully saturated rings. The summed E-state index contributed by atoms with van der Waals surface area (Å²) in [5, 5.41) is 9.29. The maximum atomic E-state index is 13.1. The van der Waals surface area contributed by atoms with Gasteiger partial charge >= 0.3 is 6.03 Å². The normalized spacial score (nSPS) is 12.6. The van der Waals surface area contributed by atoms with Crippen LogP contribution >= 0.6 is 11.3 Å². The van der Waals surface area contributed by atoms with Crippen LogP contribution in [0.15, 0.2) is 63.9 Å². The van der Waals surface area contributed by atoms with Gasteiger partial charge in [-0.05, 0) is 47.9 Å². The topological polar surface area (TPSA) is 134 Å². The molecule has 4 N–H and O–H groups in total. The van der Waals surface area contributed by atoms with E-state index in [0.29, 0.717) is 29.2 Å². The zero-order valence-electron chi connectivity index (χ0n) is 16.6. The lowest BCUT2D eigenvalue weighted by Crippen LogP contribution is -2.34. The van der Waals surface area contributed by atoms with Gasteiger partial charge in [-0.25, -0.2) is 22.9 Å². The van der Waals surface area contributed by atoms with Crippen LogP contribution in [0.2, 0.25) is 0 Å². The number of carbonyl (C=O) groups excluding carboxylic acids is 1. The van der Waals surface area contributed by atoms with Gasteiger partial charge in [-0.1, -0.05) is 11.3 Å². The van der Waals surface area contributed by atoms with Crippen molar-refractivity contribution in [1.29, 1.82) is 0 Å². The van der Waals surface area contributed by atoms with E-state index in [1.54, 1.807) is 23.1 Å². The monoisotopic (exact) mass is 486 g/mol. The predicted octanol–water partition coefficient (Wildman–Crippen LogP) is 2.89. The number of aromatic nitrogens is 2. The first-order chi connectivity index (χ1) is 15.8.